The number of hydrogen-bond acceptors (Lipinski definition) is 6. The Balaban J connectivity index is 1.91. The maximum absolute atomic E-state index is 12.6. The fourth-order valence-electron chi connectivity index (χ4n) is 3.18. The lowest BCUT2D eigenvalue weighted by atomic mass is 10.1. The number of nitrogens with one attached hydrogen (secondary N) is 1. The zero-order valence-electron chi connectivity index (χ0n) is 22.3. The van der Waals surface area contributed by atoms with E-state index in [2.05, 4.69) is 9.97 Å². The second-order valence-electron chi connectivity index (χ2n) is 8.01. The average Bonchev–Trinajstić information content (AvgIpc) is 2.83. The molecule has 0 aliphatic heterocycles. The number of aromatic nitrogens is 2. The number of anilines is 3. The van der Waals surface area contributed by atoms with E-state index in [1.54, 1.807) is 74.4 Å². The fraction of sp³-hybridized carbons (Fsp3) is 0.280. The number of carboxylic acids is 1. The van der Waals surface area contributed by atoms with E-state index in [1.165, 1.54) is 0 Å². The topological polar surface area (TPSA) is 98.7 Å². The Bertz CT molecular complexity index is 1230. The van der Waals surface area contributed by atoms with Crippen LogP contribution in [0.1, 0.15) is 35.6 Å². The van der Waals surface area contributed by atoms with Gasteiger partial charge in [0.15, 0.2) is 1.41 Å². The van der Waals surface area contributed by atoms with Crippen LogP contribution < -0.4 is 15.1 Å². The van der Waals surface area contributed by atoms with Crippen molar-refractivity contribution in [2.75, 3.05) is 43.3 Å². The van der Waals surface area contributed by atoms with Crippen molar-refractivity contribution in [1.82, 2.24) is 9.97 Å². The first-order chi connectivity index (χ1) is 16.8. The summed E-state index contributed by atoms with van der Waals surface area (Å²) >= 11 is 0. The van der Waals surface area contributed by atoms with E-state index in [1.807, 2.05) is 19.1 Å². The average molecular weight is 451 g/mol. The van der Waals surface area contributed by atoms with Crippen molar-refractivity contribution in [2.24, 2.45) is 0 Å². The molecule has 0 aliphatic rings. The highest BCUT2D eigenvalue weighted by molar-refractivity contribution is 6.04. The Hall–Kier alpha value is -3.94. The number of aryl methyl sites for hydroxylation is 1. The zero-order valence-corrected chi connectivity index (χ0v) is 19.3. The Morgan fingerprint density at radius 1 is 0.970 bits per heavy atom. The van der Waals surface area contributed by atoms with Crippen molar-refractivity contribution < 1.29 is 18.8 Å². The van der Waals surface area contributed by atoms with Gasteiger partial charge in [0.05, 0.1) is 6.37 Å². The van der Waals surface area contributed by atoms with E-state index in [-0.39, 0.29) is 23.6 Å². The highest BCUT2D eigenvalue weighted by atomic mass is 16.4. The quantitative estimate of drug-likeness (QED) is 0.543. The van der Waals surface area contributed by atoms with Crippen LogP contribution in [0, 0.1) is 6.92 Å². The lowest BCUT2D eigenvalue weighted by Gasteiger charge is -2.22. The first kappa shape index (κ1) is 19.7. The number of rotatable bonds is 8. The summed E-state index contributed by atoms with van der Waals surface area (Å²) in [6.45, 7) is 1.92. The number of carbonyl (C=O) groups excluding carboxylic acids is 1. The molecule has 8 heteroatoms. The van der Waals surface area contributed by atoms with Gasteiger partial charge in [-0.1, -0.05) is 29.8 Å². The minimum Gasteiger partial charge on any atom is -0.481 e. The van der Waals surface area contributed by atoms with Crippen molar-refractivity contribution in [1.29, 1.82) is 0 Å². The van der Waals surface area contributed by atoms with Crippen LogP contribution in [0.2, 0.25) is 1.41 Å². The first-order valence-electron chi connectivity index (χ1n) is 11.8. The lowest BCUT2D eigenvalue weighted by molar-refractivity contribution is -0.136. The fourth-order valence-corrected chi connectivity index (χ4v) is 3.18. The molecule has 0 bridgehead atoms. The summed E-state index contributed by atoms with van der Waals surface area (Å²) in [5.74, 6) is -1.34. The molecule has 2 aromatic carbocycles. The molecule has 0 saturated carbocycles. The van der Waals surface area contributed by atoms with E-state index in [4.69, 9.17) is 4.15 Å². The number of benzene rings is 2. The molecule has 172 valence electrons. The van der Waals surface area contributed by atoms with E-state index >= 15 is 0 Å². The van der Waals surface area contributed by atoms with E-state index in [9.17, 15) is 14.7 Å². The van der Waals surface area contributed by atoms with Crippen molar-refractivity contribution in [3.05, 3.63) is 76.6 Å². The third-order valence-electron chi connectivity index (χ3n) is 4.82. The van der Waals surface area contributed by atoms with Crippen LogP contribution in [0.15, 0.2) is 48.5 Å². The predicted molar refractivity (Wildman–Crippen MR) is 130 cm³/mol. The summed E-state index contributed by atoms with van der Waals surface area (Å²) in [6, 6.07) is 13.9. The normalized spacial score (nSPS) is 12.3. The summed E-state index contributed by atoms with van der Waals surface area (Å²) in [4.78, 5) is 36.4. The number of nitrogens with zero attached hydrogens (tertiary/aromatic N) is 4. The largest absolute Gasteiger partial charge is 0.481 e. The highest BCUT2D eigenvalue weighted by Crippen LogP contribution is 2.27. The molecule has 8 nitrogen and oxygen atoms in total. The molecule has 0 spiro atoms. The second-order valence-corrected chi connectivity index (χ2v) is 8.01. The molecule has 2 N–H and O–H groups in total. The predicted octanol–water partition coefficient (Wildman–Crippen LogP) is 3.39. The standard InChI is InChI=1S/C25H29N5O3/c1-16-6-10-18(11-7-16)25(33)26-19-12-8-17(9-13-19)14-21-27-23(29(2)3)20(15-22(31)32)24(28-21)30(4)5/h6-13H,14-15H2,1-5H3,(H,26,33)(H,31,32)/i15D2/hD. The number of aliphatic carboxylic acids is 1. The van der Waals surface area contributed by atoms with Crippen LogP contribution in [0.4, 0.5) is 17.3 Å². The molecular weight excluding hydrogens is 418 g/mol. The summed E-state index contributed by atoms with van der Waals surface area (Å²) < 4.78 is 24.5. The number of amides is 1. The maximum Gasteiger partial charge on any atom is 0.308 e. The van der Waals surface area contributed by atoms with Crippen molar-refractivity contribution in [3.63, 3.8) is 0 Å². The SMILES string of the molecule is [2H]N(C(=O)c1ccc(C)cc1)c1ccc(Cc2nc(N(C)C)c(C([2H])([2H])C(=O)O)c(N(C)C)n2)cc1. The number of carboxylic acid groups (broad SMARTS) is 1. The monoisotopic (exact) mass is 450 g/mol. The van der Waals surface area contributed by atoms with Gasteiger partial charge in [-0.05, 0) is 36.8 Å². The van der Waals surface area contributed by atoms with Crippen LogP contribution in [0.5, 0.6) is 0 Å². The van der Waals surface area contributed by atoms with E-state index in [0.29, 0.717) is 17.1 Å². The third kappa shape index (κ3) is 6.06. The number of carbonyl (C=O) groups is 2. The lowest BCUT2D eigenvalue weighted by Crippen LogP contribution is -2.22. The van der Waals surface area contributed by atoms with Crippen LogP contribution in [-0.4, -0.2) is 55.1 Å². The maximum atomic E-state index is 12.6. The van der Waals surface area contributed by atoms with Crippen LogP contribution in [0.3, 0.4) is 0 Å². The van der Waals surface area contributed by atoms with Gasteiger partial charge in [0.25, 0.3) is 5.91 Å². The minimum atomic E-state index is -2.69. The van der Waals surface area contributed by atoms with Gasteiger partial charge >= 0.3 is 5.97 Å². The molecule has 1 heterocycles. The smallest absolute Gasteiger partial charge is 0.308 e. The van der Waals surface area contributed by atoms with Gasteiger partial charge in [0, 0.05) is 54.2 Å². The molecule has 0 saturated heterocycles. The zero-order chi connectivity index (χ0) is 26.8. The van der Waals surface area contributed by atoms with Gasteiger partial charge in [-0.25, -0.2) is 9.97 Å². The molecule has 0 unspecified atom stereocenters. The van der Waals surface area contributed by atoms with Gasteiger partial charge in [-0.2, -0.15) is 0 Å². The van der Waals surface area contributed by atoms with Gasteiger partial charge in [0.2, 0.25) is 0 Å². The van der Waals surface area contributed by atoms with Gasteiger partial charge < -0.3 is 20.2 Å². The molecule has 3 aromatic rings. The van der Waals surface area contributed by atoms with Gasteiger partial charge in [-0.3, -0.25) is 9.59 Å². The summed E-state index contributed by atoms with van der Waals surface area (Å²) in [7, 11) is 6.65. The van der Waals surface area contributed by atoms with Crippen molar-refractivity contribution >= 4 is 29.2 Å². The minimum absolute atomic E-state index is 0.122. The van der Waals surface area contributed by atoms with Crippen LogP contribution >= 0.6 is 0 Å². The summed E-state index contributed by atoms with van der Waals surface area (Å²) in [5, 5.41) is 10.3. The van der Waals surface area contributed by atoms with Crippen LogP contribution in [-0.2, 0) is 17.6 Å². The molecular formula is C25H29N5O3. The third-order valence-corrected chi connectivity index (χ3v) is 4.82. The second kappa shape index (κ2) is 10.1. The Morgan fingerprint density at radius 3 is 2.00 bits per heavy atom. The van der Waals surface area contributed by atoms with Crippen molar-refractivity contribution in [2.45, 2.75) is 19.7 Å². The van der Waals surface area contributed by atoms with E-state index in [0.717, 1.165) is 16.4 Å². The molecule has 33 heavy (non-hydrogen) atoms. The molecule has 3 rings (SSSR count). The van der Waals surface area contributed by atoms with E-state index < -0.39 is 18.2 Å². The molecule has 0 atom stereocenters. The highest BCUT2D eigenvalue weighted by Gasteiger charge is 2.20. The summed E-state index contributed by atoms with van der Waals surface area (Å²) in [5.41, 5.74) is 2.53. The molecule has 0 aliphatic carbocycles. The van der Waals surface area contributed by atoms with Crippen molar-refractivity contribution in [3.8, 4) is 0 Å². The number of hydrogen-bond donors (Lipinski definition) is 2. The van der Waals surface area contributed by atoms with Crippen LogP contribution in [0.25, 0.3) is 0 Å². The Labute approximate surface area is 198 Å². The first-order valence-corrected chi connectivity index (χ1v) is 10.3. The van der Waals surface area contributed by atoms with Gasteiger partial charge in [0.1, 0.15) is 17.5 Å². The molecule has 1 amide bonds. The summed E-state index contributed by atoms with van der Waals surface area (Å²) in [6.07, 6.45) is -2.41. The Kier molecular flexibility index (Phi) is 6.05. The molecule has 1 aromatic heterocycles. The Morgan fingerprint density at radius 2 is 1.52 bits per heavy atom. The van der Waals surface area contributed by atoms with Gasteiger partial charge in [-0.15, -0.1) is 0 Å². The molecule has 0 radical (unpaired) electrons. The molecule has 0 fully saturated rings.